The van der Waals surface area contributed by atoms with Crippen molar-refractivity contribution >= 4 is 39.7 Å². The molecule has 1 aliphatic heterocycles. The summed E-state index contributed by atoms with van der Waals surface area (Å²) in [6.07, 6.45) is 6.74. The van der Waals surface area contributed by atoms with Gasteiger partial charge in [-0.05, 0) is 74.8 Å². The molecule has 0 atom stereocenters. The van der Waals surface area contributed by atoms with Crippen molar-refractivity contribution in [3.63, 3.8) is 0 Å². The van der Waals surface area contributed by atoms with Gasteiger partial charge in [0.05, 0.1) is 28.6 Å². The van der Waals surface area contributed by atoms with E-state index in [1.54, 1.807) is 18.5 Å². The maximum atomic E-state index is 5.95. The second-order valence-corrected chi connectivity index (χ2v) is 10.3. The fourth-order valence-corrected chi connectivity index (χ4v) is 5.22. The van der Waals surface area contributed by atoms with Crippen molar-refractivity contribution in [3.8, 4) is 0 Å². The van der Waals surface area contributed by atoms with Gasteiger partial charge in [-0.3, -0.25) is 4.98 Å². The number of nitrogens with two attached hydrogens (primary N) is 1. The average Bonchev–Trinajstić information content (AvgIpc) is 3.24. The Morgan fingerprint density at radius 2 is 1.86 bits per heavy atom. The van der Waals surface area contributed by atoms with Gasteiger partial charge in [0.1, 0.15) is 5.82 Å². The van der Waals surface area contributed by atoms with Crippen LogP contribution in [0.25, 0.3) is 11.0 Å². The van der Waals surface area contributed by atoms with E-state index < -0.39 is 0 Å². The number of fused-ring (bicyclic) bond motifs is 1. The van der Waals surface area contributed by atoms with E-state index in [1.807, 2.05) is 0 Å². The van der Waals surface area contributed by atoms with Crippen molar-refractivity contribution in [1.29, 1.82) is 0 Å². The molecule has 0 saturated carbocycles. The molecule has 2 aromatic carbocycles. The van der Waals surface area contributed by atoms with E-state index in [4.69, 9.17) is 22.9 Å². The minimum atomic E-state index is 0.571. The van der Waals surface area contributed by atoms with E-state index >= 15 is 0 Å². The monoisotopic (exact) mass is 513 g/mol. The summed E-state index contributed by atoms with van der Waals surface area (Å²) in [7, 11) is 0. The summed E-state index contributed by atoms with van der Waals surface area (Å²) in [5.41, 5.74) is 12.2. The highest BCUT2D eigenvalue weighted by atomic mass is 32.1. The number of nitrogen functional groups attached to an aromatic ring is 1. The van der Waals surface area contributed by atoms with Crippen LogP contribution in [-0.4, -0.2) is 50.7 Å². The molecular formula is C29H35N7S. The zero-order valence-corrected chi connectivity index (χ0v) is 22.2. The number of benzene rings is 2. The van der Waals surface area contributed by atoms with Gasteiger partial charge in [-0.15, -0.1) is 0 Å². The molecule has 5 rings (SSSR count). The number of hydrogen-bond donors (Lipinski definition) is 3. The number of imidazole rings is 1. The Morgan fingerprint density at radius 1 is 1.08 bits per heavy atom. The van der Waals surface area contributed by atoms with Gasteiger partial charge in [0.15, 0.2) is 5.11 Å². The van der Waals surface area contributed by atoms with Gasteiger partial charge < -0.3 is 25.8 Å². The Balaban J connectivity index is 1.13. The van der Waals surface area contributed by atoms with Gasteiger partial charge in [0.2, 0.25) is 0 Å². The third-order valence-corrected chi connectivity index (χ3v) is 7.44. The van der Waals surface area contributed by atoms with E-state index in [0.29, 0.717) is 16.7 Å². The van der Waals surface area contributed by atoms with E-state index in [-0.39, 0.29) is 0 Å². The Bertz CT molecular complexity index is 1340. The summed E-state index contributed by atoms with van der Waals surface area (Å²) in [4.78, 5) is 11.7. The zero-order chi connectivity index (χ0) is 25.6. The van der Waals surface area contributed by atoms with Gasteiger partial charge in [-0.2, -0.15) is 0 Å². The number of hydrogen-bond acceptors (Lipinski definition) is 5. The lowest BCUT2D eigenvalue weighted by atomic mass is 9.93. The van der Waals surface area contributed by atoms with Crippen LogP contribution < -0.4 is 16.4 Å². The van der Waals surface area contributed by atoms with E-state index in [9.17, 15) is 0 Å². The number of pyridine rings is 1. The summed E-state index contributed by atoms with van der Waals surface area (Å²) in [5, 5.41) is 6.98. The summed E-state index contributed by atoms with van der Waals surface area (Å²) in [6, 6.07) is 19.1. The number of rotatable bonds is 8. The number of aryl methyl sites for hydroxylation is 1. The van der Waals surface area contributed by atoms with Crippen LogP contribution in [0.5, 0.6) is 0 Å². The van der Waals surface area contributed by atoms with Crippen LogP contribution in [0.3, 0.4) is 0 Å². The van der Waals surface area contributed by atoms with E-state index in [2.05, 4.69) is 80.5 Å². The maximum absolute atomic E-state index is 5.95. The normalized spacial score (nSPS) is 14.6. The van der Waals surface area contributed by atoms with Crippen molar-refractivity contribution in [3.05, 3.63) is 83.9 Å². The molecule has 1 aliphatic rings. The third-order valence-electron chi connectivity index (χ3n) is 7.19. The maximum Gasteiger partial charge on any atom is 0.170 e. The van der Waals surface area contributed by atoms with E-state index in [1.165, 1.54) is 35.3 Å². The highest BCUT2D eigenvalue weighted by Crippen LogP contribution is 2.25. The smallest absolute Gasteiger partial charge is 0.170 e. The molecule has 0 amide bonds. The molecule has 7 nitrogen and oxygen atoms in total. The number of anilines is 2. The van der Waals surface area contributed by atoms with Crippen LogP contribution in [0.15, 0.2) is 67.0 Å². The minimum Gasteiger partial charge on any atom is -0.397 e. The lowest BCUT2D eigenvalue weighted by molar-refractivity contribution is 0.185. The fraction of sp³-hybridized carbons (Fsp3) is 0.345. The number of thiocarbonyl (C=S) groups is 1. The van der Waals surface area contributed by atoms with Crippen LogP contribution in [0, 0.1) is 12.8 Å². The molecule has 4 N–H and O–H groups in total. The largest absolute Gasteiger partial charge is 0.397 e. The first-order valence-electron chi connectivity index (χ1n) is 13.0. The van der Waals surface area contributed by atoms with Gasteiger partial charge in [-0.1, -0.05) is 42.0 Å². The molecule has 0 radical (unpaired) electrons. The molecule has 1 fully saturated rings. The van der Waals surface area contributed by atoms with Crippen LogP contribution in [0.4, 0.5) is 11.4 Å². The van der Waals surface area contributed by atoms with Crippen LogP contribution >= 0.6 is 12.2 Å². The topological polar surface area (TPSA) is 84.0 Å². The second-order valence-electron chi connectivity index (χ2n) is 9.92. The number of nitrogens with one attached hydrogen (secondary N) is 2. The fourth-order valence-electron chi connectivity index (χ4n) is 5.01. The quantitative estimate of drug-likeness (QED) is 0.297. The SMILES string of the molecule is Cc1ccc(Cn2c(CC3CCN(CCNC(=S)Nc4cnccc4N)CC3)nc3ccccc32)cc1. The number of likely N-dealkylation sites (tertiary alicyclic amines) is 1. The highest BCUT2D eigenvalue weighted by Gasteiger charge is 2.22. The predicted octanol–water partition coefficient (Wildman–Crippen LogP) is 4.61. The van der Waals surface area contributed by atoms with E-state index in [0.717, 1.165) is 50.3 Å². The number of nitrogens with zero attached hydrogens (tertiary/aromatic N) is 4. The first-order chi connectivity index (χ1) is 18.0. The number of para-hydroxylation sites is 2. The molecule has 0 aliphatic carbocycles. The molecule has 0 unspecified atom stereocenters. The number of aromatic nitrogens is 3. The third kappa shape index (κ3) is 6.45. The summed E-state index contributed by atoms with van der Waals surface area (Å²) < 4.78 is 2.42. The van der Waals surface area contributed by atoms with Crippen LogP contribution in [-0.2, 0) is 13.0 Å². The lowest BCUT2D eigenvalue weighted by Gasteiger charge is -2.32. The highest BCUT2D eigenvalue weighted by molar-refractivity contribution is 7.80. The average molecular weight is 514 g/mol. The molecule has 0 spiro atoms. The van der Waals surface area contributed by atoms with Crippen LogP contribution in [0.2, 0.25) is 0 Å². The first kappa shape index (κ1) is 25.2. The standard InChI is InChI=1S/C29H35N7S/c1-21-6-8-23(9-7-21)20-36-27-5-3-2-4-25(27)33-28(36)18-22-11-15-35(16-12-22)17-14-32-29(37)34-26-19-31-13-10-24(26)30/h2-10,13,19,22H,11-12,14-18,20H2,1H3,(H2,30,31)(H2,32,34,37). The molecule has 8 heteroatoms. The van der Waals surface area contributed by atoms with Crippen LogP contribution in [0.1, 0.15) is 29.8 Å². The Morgan fingerprint density at radius 3 is 2.65 bits per heavy atom. The van der Waals surface area contributed by atoms with Gasteiger partial charge in [-0.25, -0.2) is 4.98 Å². The molecule has 1 saturated heterocycles. The van der Waals surface area contributed by atoms with Crippen molar-refractivity contribution in [2.45, 2.75) is 32.7 Å². The number of piperidine rings is 1. The first-order valence-corrected chi connectivity index (χ1v) is 13.4. The predicted molar refractivity (Wildman–Crippen MR) is 156 cm³/mol. The van der Waals surface area contributed by atoms with Gasteiger partial charge >= 0.3 is 0 Å². The van der Waals surface area contributed by atoms with Gasteiger partial charge in [0, 0.05) is 32.3 Å². The molecule has 2 aromatic heterocycles. The molecule has 3 heterocycles. The minimum absolute atomic E-state index is 0.571. The molecule has 4 aromatic rings. The zero-order valence-electron chi connectivity index (χ0n) is 21.4. The summed E-state index contributed by atoms with van der Waals surface area (Å²) in [5.74, 6) is 1.85. The molecular weight excluding hydrogens is 478 g/mol. The Kier molecular flexibility index (Phi) is 7.96. The van der Waals surface area contributed by atoms with Crippen molar-refractivity contribution < 1.29 is 0 Å². The van der Waals surface area contributed by atoms with Crippen molar-refractivity contribution in [1.82, 2.24) is 24.8 Å². The molecule has 192 valence electrons. The lowest BCUT2D eigenvalue weighted by Crippen LogP contribution is -2.41. The van der Waals surface area contributed by atoms with Gasteiger partial charge in [0.25, 0.3) is 0 Å². The molecule has 37 heavy (non-hydrogen) atoms. The second kappa shape index (κ2) is 11.7. The van der Waals surface area contributed by atoms with Crippen molar-refractivity contribution in [2.24, 2.45) is 5.92 Å². The molecule has 0 bridgehead atoms. The summed E-state index contributed by atoms with van der Waals surface area (Å²) >= 11 is 5.41. The Labute approximate surface area is 224 Å². The van der Waals surface area contributed by atoms with Crippen molar-refractivity contribution in [2.75, 3.05) is 37.2 Å². The Hall–Kier alpha value is -3.49. The summed E-state index contributed by atoms with van der Waals surface area (Å²) in [6.45, 7) is 6.94.